The van der Waals surface area contributed by atoms with Crippen molar-refractivity contribution < 1.29 is 21.9 Å². The van der Waals surface area contributed by atoms with Crippen molar-refractivity contribution in [1.82, 2.24) is 9.97 Å². The Balaban J connectivity index is 1.76. The second-order valence-electron chi connectivity index (χ2n) is 7.39. The standard InChI is InChI=1S/C23H19Cl2F2N3O3S/c1-2-34(31,32)13-9-7-12(8-10-13)20(28)22-29-16-11-15(24)18(19(25)21(16)30-22)14-5-3-4-6-17(14)33-23(26)27/h3-11,20,23H,2,28H2,1H3,(H,29,30). The van der Waals surface area contributed by atoms with Gasteiger partial charge in [-0.25, -0.2) is 13.4 Å². The lowest BCUT2D eigenvalue weighted by atomic mass is 10.0. The Hall–Kier alpha value is -2.72. The van der Waals surface area contributed by atoms with Gasteiger partial charge in [0.15, 0.2) is 9.84 Å². The average Bonchev–Trinajstić information content (AvgIpc) is 3.23. The Bertz CT molecular complexity index is 1460. The fourth-order valence-electron chi connectivity index (χ4n) is 3.57. The van der Waals surface area contributed by atoms with Crippen molar-refractivity contribution in [3.63, 3.8) is 0 Å². The Labute approximate surface area is 204 Å². The summed E-state index contributed by atoms with van der Waals surface area (Å²) in [5.74, 6) is 0.290. The van der Waals surface area contributed by atoms with Crippen molar-refractivity contribution in [2.24, 2.45) is 5.73 Å². The highest BCUT2D eigenvalue weighted by Crippen LogP contribution is 2.43. The van der Waals surface area contributed by atoms with Crippen LogP contribution in [0.4, 0.5) is 8.78 Å². The Morgan fingerprint density at radius 2 is 1.79 bits per heavy atom. The number of H-pyrrole nitrogens is 1. The van der Waals surface area contributed by atoms with Gasteiger partial charge in [-0.05, 0) is 29.8 Å². The largest absolute Gasteiger partial charge is 0.434 e. The van der Waals surface area contributed by atoms with Crippen LogP contribution in [0.2, 0.25) is 10.0 Å². The summed E-state index contributed by atoms with van der Waals surface area (Å²) in [4.78, 5) is 7.81. The minimum absolute atomic E-state index is 0.00491. The lowest BCUT2D eigenvalue weighted by molar-refractivity contribution is -0.0494. The van der Waals surface area contributed by atoms with Gasteiger partial charge < -0.3 is 15.5 Å². The first kappa shape index (κ1) is 24.4. The van der Waals surface area contributed by atoms with E-state index < -0.39 is 22.5 Å². The number of rotatable bonds is 7. The third-order valence-electron chi connectivity index (χ3n) is 5.33. The van der Waals surface area contributed by atoms with Gasteiger partial charge in [-0.15, -0.1) is 0 Å². The first-order chi connectivity index (χ1) is 16.1. The highest BCUT2D eigenvalue weighted by atomic mass is 35.5. The van der Waals surface area contributed by atoms with Gasteiger partial charge in [0.05, 0.1) is 32.3 Å². The number of hydrogen-bond acceptors (Lipinski definition) is 5. The van der Waals surface area contributed by atoms with Crippen molar-refractivity contribution in [3.05, 3.63) is 76.0 Å². The summed E-state index contributed by atoms with van der Waals surface area (Å²) < 4.78 is 54.5. The van der Waals surface area contributed by atoms with Crippen LogP contribution < -0.4 is 10.5 Å². The van der Waals surface area contributed by atoms with Gasteiger partial charge in [-0.3, -0.25) is 0 Å². The van der Waals surface area contributed by atoms with E-state index >= 15 is 0 Å². The molecule has 1 aromatic heterocycles. The molecule has 0 saturated heterocycles. The molecule has 0 saturated carbocycles. The molecule has 0 radical (unpaired) electrons. The van der Waals surface area contributed by atoms with E-state index in [-0.39, 0.29) is 26.4 Å². The molecule has 178 valence electrons. The molecular formula is C23H19Cl2F2N3O3S. The summed E-state index contributed by atoms with van der Waals surface area (Å²) in [6, 6.07) is 13.3. The molecule has 0 aliphatic rings. The van der Waals surface area contributed by atoms with Gasteiger partial charge in [0, 0.05) is 11.1 Å². The molecule has 0 fully saturated rings. The van der Waals surface area contributed by atoms with Crippen molar-refractivity contribution >= 4 is 44.1 Å². The molecule has 3 aromatic carbocycles. The van der Waals surface area contributed by atoms with E-state index in [1.807, 2.05) is 0 Å². The fraction of sp³-hybridized carbons (Fsp3) is 0.174. The van der Waals surface area contributed by atoms with Crippen LogP contribution in [0.3, 0.4) is 0 Å². The third kappa shape index (κ3) is 4.61. The van der Waals surface area contributed by atoms with Gasteiger partial charge in [-0.2, -0.15) is 8.78 Å². The number of hydrogen-bond donors (Lipinski definition) is 2. The minimum Gasteiger partial charge on any atom is -0.434 e. The maximum Gasteiger partial charge on any atom is 0.387 e. The molecule has 1 heterocycles. The average molecular weight is 526 g/mol. The monoisotopic (exact) mass is 525 g/mol. The number of benzene rings is 3. The highest BCUT2D eigenvalue weighted by molar-refractivity contribution is 7.91. The van der Waals surface area contributed by atoms with Crippen molar-refractivity contribution in [3.8, 4) is 16.9 Å². The van der Waals surface area contributed by atoms with Gasteiger partial charge >= 0.3 is 6.61 Å². The number of para-hydroxylation sites is 1. The van der Waals surface area contributed by atoms with Crippen LogP contribution in [0.1, 0.15) is 24.4 Å². The van der Waals surface area contributed by atoms with Crippen LogP contribution in [0.15, 0.2) is 59.5 Å². The molecule has 34 heavy (non-hydrogen) atoms. The zero-order valence-electron chi connectivity index (χ0n) is 17.7. The van der Waals surface area contributed by atoms with E-state index in [4.69, 9.17) is 28.9 Å². The van der Waals surface area contributed by atoms with Gasteiger partial charge in [0.1, 0.15) is 17.1 Å². The second kappa shape index (κ2) is 9.50. The number of nitrogens with zero attached hydrogens (tertiary/aromatic N) is 1. The van der Waals surface area contributed by atoms with Crippen molar-refractivity contribution in [2.75, 3.05) is 5.75 Å². The lowest BCUT2D eigenvalue weighted by Crippen LogP contribution is -2.14. The van der Waals surface area contributed by atoms with Gasteiger partial charge in [-0.1, -0.05) is 60.5 Å². The van der Waals surface area contributed by atoms with Gasteiger partial charge in [0.25, 0.3) is 0 Å². The molecule has 0 bridgehead atoms. The first-order valence-corrected chi connectivity index (χ1v) is 12.5. The molecule has 3 N–H and O–H groups in total. The van der Waals surface area contributed by atoms with E-state index in [9.17, 15) is 17.2 Å². The molecule has 4 aromatic rings. The molecule has 1 atom stereocenters. The summed E-state index contributed by atoms with van der Waals surface area (Å²) in [7, 11) is -3.33. The summed E-state index contributed by atoms with van der Waals surface area (Å²) in [6.07, 6.45) is 0. The number of aromatic nitrogens is 2. The topological polar surface area (TPSA) is 98.1 Å². The van der Waals surface area contributed by atoms with Crippen LogP contribution in [0.25, 0.3) is 22.2 Å². The minimum atomic E-state index is -3.33. The normalized spacial score (nSPS) is 12.9. The van der Waals surface area contributed by atoms with Crippen LogP contribution >= 0.6 is 23.2 Å². The molecule has 0 spiro atoms. The summed E-state index contributed by atoms with van der Waals surface area (Å²) >= 11 is 13.1. The van der Waals surface area contributed by atoms with Gasteiger partial charge in [0.2, 0.25) is 0 Å². The Kier molecular flexibility index (Phi) is 6.82. The zero-order valence-corrected chi connectivity index (χ0v) is 20.1. The number of alkyl halides is 2. The second-order valence-corrected chi connectivity index (χ2v) is 10.5. The molecule has 0 aliphatic carbocycles. The smallest absolute Gasteiger partial charge is 0.387 e. The number of fused-ring (bicyclic) bond motifs is 1. The summed E-state index contributed by atoms with van der Waals surface area (Å²) in [5, 5.41) is 0.354. The number of nitrogens with one attached hydrogen (secondary N) is 1. The van der Waals surface area contributed by atoms with Crippen molar-refractivity contribution in [2.45, 2.75) is 24.5 Å². The van der Waals surface area contributed by atoms with Crippen LogP contribution in [-0.4, -0.2) is 30.8 Å². The first-order valence-electron chi connectivity index (χ1n) is 10.1. The fourth-order valence-corrected chi connectivity index (χ4v) is 5.16. The number of ether oxygens (including phenoxy) is 1. The van der Waals surface area contributed by atoms with E-state index in [2.05, 4.69) is 14.7 Å². The number of sulfone groups is 1. The Morgan fingerprint density at radius 3 is 2.44 bits per heavy atom. The SMILES string of the molecule is CCS(=O)(=O)c1ccc(C(N)c2nc3c(Cl)c(-c4ccccc4OC(F)F)c(Cl)cc3[nH]2)cc1. The van der Waals surface area contributed by atoms with E-state index in [1.54, 1.807) is 43.3 Å². The van der Waals surface area contributed by atoms with Crippen LogP contribution in [0.5, 0.6) is 5.75 Å². The predicted molar refractivity (Wildman–Crippen MR) is 128 cm³/mol. The molecule has 4 rings (SSSR count). The van der Waals surface area contributed by atoms with E-state index in [0.717, 1.165) is 0 Å². The third-order valence-corrected chi connectivity index (χ3v) is 7.75. The summed E-state index contributed by atoms with van der Waals surface area (Å²) in [5.41, 5.74) is 8.44. The molecule has 6 nitrogen and oxygen atoms in total. The lowest BCUT2D eigenvalue weighted by Gasteiger charge is -2.13. The number of nitrogens with two attached hydrogens (primary N) is 1. The molecule has 1 unspecified atom stereocenters. The maximum absolute atomic E-state index is 12.9. The van der Waals surface area contributed by atoms with Crippen molar-refractivity contribution in [1.29, 1.82) is 0 Å². The zero-order chi connectivity index (χ0) is 24.6. The summed E-state index contributed by atoms with van der Waals surface area (Å²) in [6.45, 7) is -1.44. The predicted octanol–water partition coefficient (Wildman–Crippen LogP) is 5.98. The number of aromatic amines is 1. The highest BCUT2D eigenvalue weighted by Gasteiger charge is 2.22. The van der Waals surface area contributed by atoms with Crippen LogP contribution in [-0.2, 0) is 9.84 Å². The number of halogens is 4. The molecule has 11 heteroatoms. The van der Waals surface area contributed by atoms with Crippen LogP contribution in [0, 0.1) is 0 Å². The Morgan fingerprint density at radius 1 is 1.12 bits per heavy atom. The van der Waals surface area contributed by atoms with E-state index in [1.165, 1.54) is 18.2 Å². The molecule has 0 amide bonds. The molecule has 0 aliphatic heterocycles. The molecular weight excluding hydrogens is 507 g/mol. The quantitative estimate of drug-likeness (QED) is 0.309. The number of imidazole rings is 1. The maximum atomic E-state index is 12.9. The van der Waals surface area contributed by atoms with E-state index in [0.29, 0.717) is 33.5 Å².